The predicted molar refractivity (Wildman–Crippen MR) is 78.0 cm³/mol. The van der Waals surface area contributed by atoms with Gasteiger partial charge in [0.1, 0.15) is 11.5 Å². The maximum absolute atomic E-state index is 13.8. The molecule has 5 nitrogen and oxygen atoms in total. The molecular formula is C15H19FN4O. The average Bonchev–Trinajstić information content (AvgIpc) is 2.86. The van der Waals surface area contributed by atoms with Crippen LogP contribution in [-0.2, 0) is 26.6 Å². The Morgan fingerprint density at radius 1 is 1.43 bits per heavy atom. The first-order valence-corrected chi connectivity index (χ1v) is 6.83. The highest BCUT2D eigenvalue weighted by Gasteiger charge is 2.13. The van der Waals surface area contributed by atoms with E-state index in [0.29, 0.717) is 17.8 Å². The Morgan fingerprint density at radius 2 is 2.19 bits per heavy atom. The first-order chi connectivity index (χ1) is 10.0. The van der Waals surface area contributed by atoms with Crippen molar-refractivity contribution in [3.8, 4) is 0 Å². The summed E-state index contributed by atoms with van der Waals surface area (Å²) in [7, 11) is 1.71. The van der Waals surface area contributed by atoms with Crippen molar-refractivity contribution in [2.45, 2.75) is 26.4 Å². The molecule has 0 unspecified atom stereocenters. The number of amides is 1. The number of benzene rings is 1. The van der Waals surface area contributed by atoms with Gasteiger partial charge in [-0.15, -0.1) is 0 Å². The average molecular weight is 290 g/mol. The summed E-state index contributed by atoms with van der Waals surface area (Å²) < 4.78 is 15.3. The SMILES string of the molecule is CCc1cc(C(=O)NCc2ccc(CN)cc2F)n(C)n1. The number of hydrogen-bond acceptors (Lipinski definition) is 3. The lowest BCUT2D eigenvalue weighted by atomic mass is 10.1. The van der Waals surface area contributed by atoms with Gasteiger partial charge >= 0.3 is 0 Å². The van der Waals surface area contributed by atoms with Gasteiger partial charge in [-0.2, -0.15) is 5.10 Å². The van der Waals surface area contributed by atoms with Crippen molar-refractivity contribution in [2.24, 2.45) is 12.8 Å². The molecule has 21 heavy (non-hydrogen) atoms. The standard InChI is InChI=1S/C15H19FN4O/c1-3-12-7-14(20(2)19-12)15(21)18-9-11-5-4-10(8-17)6-13(11)16/h4-7H,3,8-9,17H2,1-2H3,(H,18,21). The Hall–Kier alpha value is -2.21. The van der Waals surface area contributed by atoms with Gasteiger partial charge in [-0.25, -0.2) is 4.39 Å². The van der Waals surface area contributed by atoms with Crippen molar-refractivity contribution in [3.05, 3.63) is 52.6 Å². The third-order valence-electron chi connectivity index (χ3n) is 3.32. The van der Waals surface area contributed by atoms with Crippen molar-refractivity contribution in [1.29, 1.82) is 0 Å². The fourth-order valence-electron chi connectivity index (χ4n) is 2.04. The van der Waals surface area contributed by atoms with Crippen LogP contribution >= 0.6 is 0 Å². The van der Waals surface area contributed by atoms with Crippen LogP contribution in [0.15, 0.2) is 24.3 Å². The Kier molecular flexibility index (Phi) is 4.70. The summed E-state index contributed by atoms with van der Waals surface area (Å²) in [6.45, 7) is 2.39. The maximum Gasteiger partial charge on any atom is 0.269 e. The first-order valence-electron chi connectivity index (χ1n) is 6.83. The summed E-state index contributed by atoms with van der Waals surface area (Å²) in [6, 6.07) is 6.52. The number of nitrogens with two attached hydrogens (primary N) is 1. The Morgan fingerprint density at radius 3 is 2.76 bits per heavy atom. The van der Waals surface area contributed by atoms with Crippen molar-refractivity contribution in [3.63, 3.8) is 0 Å². The van der Waals surface area contributed by atoms with Gasteiger partial charge in [0.15, 0.2) is 0 Å². The molecule has 6 heteroatoms. The monoisotopic (exact) mass is 290 g/mol. The molecule has 3 N–H and O–H groups in total. The number of nitrogens with zero attached hydrogens (tertiary/aromatic N) is 2. The van der Waals surface area contributed by atoms with Crippen LogP contribution in [0.5, 0.6) is 0 Å². The van der Waals surface area contributed by atoms with Crippen molar-refractivity contribution in [2.75, 3.05) is 0 Å². The minimum Gasteiger partial charge on any atom is -0.347 e. The summed E-state index contributed by atoms with van der Waals surface area (Å²) in [4.78, 5) is 12.1. The molecule has 0 aliphatic heterocycles. The van der Waals surface area contributed by atoms with Crippen molar-refractivity contribution < 1.29 is 9.18 Å². The van der Waals surface area contributed by atoms with Gasteiger partial charge < -0.3 is 11.1 Å². The highest BCUT2D eigenvalue weighted by Crippen LogP contribution is 2.11. The smallest absolute Gasteiger partial charge is 0.269 e. The van der Waals surface area contributed by atoms with E-state index in [9.17, 15) is 9.18 Å². The number of carbonyl (C=O) groups excluding carboxylic acids is 1. The molecule has 0 aliphatic rings. The number of hydrogen-bond donors (Lipinski definition) is 2. The van der Waals surface area contributed by atoms with Crippen LogP contribution < -0.4 is 11.1 Å². The molecule has 1 heterocycles. The number of aromatic nitrogens is 2. The predicted octanol–water partition coefficient (Wildman–Crippen LogP) is 1.51. The Labute approximate surface area is 123 Å². The highest BCUT2D eigenvalue weighted by atomic mass is 19.1. The van der Waals surface area contributed by atoms with Crippen molar-refractivity contribution >= 4 is 5.91 Å². The van der Waals surface area contributed by atoms with Crippen LogP contribution in [0.3, 0.4) is 0 Å². The third kappa shape index (κ3) is 3.46. The normalized spacial score (nSPS) is 10.7. The third-order valence-corrected chi connectivity index (χ3v) is 3.32. The van der Waals surface area contributed by atoms with Gasteiger partial charge in [0.05, 0.1) is 5.69 Å². The topological polar surface area (TPSA) is 72.9 Å². The second-order valence-corrected chi connectivity index (χ2v) is 4.81. The lowest BCUT2D eigenvalue weighted by Crippen LogP contribution is -2.25. The molecule has 0 saturated heterocycles. The summed E-state index contributed by atoms with van der Waals surface area (Å²) >= 11 is 0. The van der Waals surface area contributed by atoms with Crippen LogP contribution in [0.2, 0.25) is 0 Å². The molecule has 112 valence electrons. The summed E-state index contributed by atoms with van der Waals surface area (Å²) in [6.07, 6.45) is 0.760. The zero-order valence-corrected chi connectivity index (χ0v) is 12.2. The van der Waals surface area contributed by atoms with E-state index in [-0.39, 0.29) is 18.3 Å². The van der Waals surface area contributed by atoms with Gasteiger partial charge in [0, 0.05) is 25.7 Å². The minimum absolute atomic E-state index is 0.127. The first kappa shape index (κ1) is 15.2. The van der Waals surface area contributed by atoms with Crippen LogP contribution in [0.1, 0.15) is 34.2 Å². The molecule has 0 radical (unpaired) electrons. The molecule has 1 aromatic heterocycles. The lowest BCUT2D eigenvalue weighted by molar-refractivity contribution is 0.0941. The maximum atomic E-state index is 13.8. The van der Waals surface area contributed by atoms with Crippen LogP contribution in [0.4, 0.5) is 4.39 Å². The number of aryl methyl sites for hydroxylation is 2. The van der Waals surface area contributed by atoms with E-state index in [1.54, 1.807) is 25.2 Å². The molecule has 0 bridgehead atoms. The van der Waals surface area contributed by atoms with Crippen molar-refractivity contribution in [1.82, 2.24) is 15.1 Å². The number of rotatable bonds is 5. The number of halogens is 1. The van der Waals surface area contributed by atoms with E-state index in [2.05, 4.69) is 10.4 Å². The summed E-state index contributed by atoms with van der Waals surface area (Å²) in [5, 5.41) is 6.91. The fraction of sp³-hybridized carbons (Fsp3) is 0.333. The van der Waals surface area contributed by atoms with Gasteiger partial charge in [-0.05, 0) is 24.1 Å². The van der Waals surface area contributed by atoms with E-state index >= 15 is 0 Å². The second kappa shape index (κ2) is 6.49. The van der Waals surface area contributed by atoms with E-state index in [4.69, 9.17) is 5.73 Å². The molecule has 0 fully saturated rings. The summed E-state index contributed by atoms with van der Waals surface area (Å²) in [5.74, 6) is -0.635. The highest BCUT2D eigenvalue weighted by molar-refractivity contribution is 5.92. The Bertz CT molecular complexity index is 651. The van der Waals surface area contributed by atoms with Gasteiger partial charge in [-0.3, -0.25) is 9.48 Å². The molecule has 1 amide bonds. The van der Waals surface area contributed by atoms with Crippen LogP contribution in [-0.4, -0.2) is 15.7 Å². The minimum atomic E-state index is -0.363. The van der Waals surface area contributed by atoms with Gasteiger partial charge in [0.25, 0.3) is 5.91 Å². The molecule has 0 spiro atoms. The number of nitrogens with one attached hydrogen (secondary N) is 1. The van der Waals surface area contributed by atoms with E-state index < -0.39 is 0 Å². The van der Waals surface area contributed by atoms with Crippen LogP contribution in [0.25, 0.3) is 0 Å². The van der Waals surface area contributed by atoms with Gasteiger partial charge in [0.2, 0.25) is 0 Å². The second-order valence-electron chi connectivity index (χ2n) is 4.81. The zero-order valence-electron chi connectivity index (χ0n) is 12.2. The van der Waals surface area contributed by atoms with Gasteiger partial charge in [-0.1, -0.05) is 19.1 Å². The largest absolute Gasteiger partial charge is 0.347 e. The molecule has 0 aliphatic carbocycles. The molecule has 0 atom stereocenters. The summed E-state index contributed by atoms with van der Waals surface area (Å²) in [5.41, 5.74) is 7.92. The zero-order chi connectivity index (χ0) is 15.4. The lowest BCUT2D eigenvalue weighted by Gasteiger charge is -2.07. The van der Waals surface area contributed by atoms with E-state index in [1.165, 1.54) is 10.7 Å². The molecule has 2 aromatic rings. The molecule has 2 rings (SSSR count). The molecular weight excluding hydrogens is 271 g/mol. The molecule has 1 aromatic carbocycles. The van der Waals surface area contributed by atoms with E-state index in [0.717, 1.165) is 17.7 Å². The van der Waals surface area contributed by atoms with Crippen LogP contribution in [0, 0.1) is 5.82 Å². The number of carbonyl (C=O) groups is 1. The quantitative estimate of drug-likeness (QED) is 0.876. The fourth-order valence-corrected chi connectivity index (χ4v) is 2.04. The molecule has 0 saturated carbocycles. The van der Waals surface area contributed by atoms with E-state index in [1.807, 2.05) is 6.92 Å². The Balaban J connectivity index is 2.05.